The molecule has 3 aliphatic rings. The maximum absolute atomic E-state index is 5.90. The molecule has 2 heterocycles. The smallest absolute Gasteiger partial charge is 0.156 e. The lowest BCUT2D eigenvalue weighted by Crippen LogP contribution is -2.21. The Kier molecular flexibility index (Phi) is 1.44. The molecule has 0 saturated heterocycles. The number of hydrogen-bond donors (Lipinski definition) is 0. The van der Waals surface area contributed by atoms with Crippen LogP contribution in [0.2, 0.25) is 0 Å². The average Bonchev–Trinajstić information content (AvgIpc) is 2.83. The first-order valence-corrected chi connectivity index (χ1v) is 4.78. The van der Waals surface area contributed by atoms with Crippen molar-refractivity contribution in [3.63, 3.8) is 0 Å². The van der Waals surface area contributed by atoms with Gasteiger partial charge in [-0.2, -0.15) is 0 Å². The largest absolute Gasteiger partial charge is 0.246 e. The monoisotopic (exact) mass is 193 g/mol. The fourth-order valence-corrected chi connectivity index (χ4v) is 1.96. The van der Waals surface area contributed by atoms with Gasteiger partial charge in [-0.1, -0.05) is 11.6 Å². The average molecular weight is 194 g/mol. The van der Waals surface area contributed by atoms with Crippen LogP contribution >= 0.6 is 11.6 Å². The van der Waals surface area contributed by atoms with Crippen molar-refractivity contribution in [2.75, 3.05) is 0 Å². The Bertz CT molecular complexity index is 374. The first-order valence-electron chi connectivity index (χ1n) is 4.41. The fourth-order valence-electron chi connectivity index (χ4n) is 1.76. The summed E-state index contributed by atoms with van der Waals surface area (Å²) in [6.45, 7) is 0. The third-order valence-electron chi connectivity index (χ3n) is 2.62. The Labute approximate surface area is 80.9 Å². The lowest BCUT2D eigenvalue weighted by atomic mass is 9.96. The van der Waals surface area contributed by atoms with E-state index in [1.54, 1.807) is 6.34 Å². The quantitative estimate of drug-likeness (QED) is 0.572. The summed E-state index contributed by atoms with van der Waals surface area (Å²) in [7, 11) is 0. The minimum atomic E-state index is 0.361. The first kappa shape index (κ1) is 7.44. The van der Waals surface area contributed by atoms with Crippen molar-refractivity contribution in [3.05, 3.63) is 10.9 Å². The van der Waals surface area contributed by atoms with Crippen LogP contribution in [0.5, 0.6) is 0 Å². The number of fused-ring (bicyclic) bond motifs is 1. The van der Waals surface area contributed by atoms with E-state index >= 15 is 0 Å². The van der Waals surface area contributed by atoms with E-state index in [9.17, 15) is 0 Å². The molecule has 3 rings (SSSR count). The summed E-state index contributed by atoms with van der Waals surface area (Å²) < 4.78 is 0. The van der Waals surface area contributed by atoms with E-state index in [2.05, 4.69) is 15.0 Å². The van der Waals surface area contributed by atoms with Crippen LogP contribution in [-0.4, -0.2) is 18.3 Å². The fraction of sp³-hybridized carbons (Fsp3) is 0.444. The van der Waals surface area contributed by atoms with Gasteiger partial charge < -0.3 is 0 Å². The molecule has 13 heavy (non-hydrogen) atoms. The van der Waals surface area contributed by atoms with Crippen LogP contribution in [0.4, 0.5) is 0 Å². The van der Waals surface area contributed by atoms with E-state index in [0.717, 1.165) is 17.3 Å². The predicted octanol–water partition coefficient (Wildman–Crippen LogP) is 1.99. The molecule has 1 saturated carbocycles. The van der Waals surface area contributed by atoms with Crippen LogP contribution in [0, 0.1) is 11.8 Å². The van der Waals surface area contributed by atoms with E-state index in [-0.39, 0.29) is 0 Å². The zero-order valence-corrected chi connectivity index (χ0v) is 7.70. The number of halogens is 1. The Morgan fingerprint density at radius 3 is 2.92 bits per heavy atom. The maximum atomic E-state index is 5.90. The highest BCUT2D eigenvalue weighted by Gasteiger charge is 2.38. The second-order valence-electron chi connectivity index (χ2n) is 3.54. The van der Waals surface area contributed by atoms with Crippen molar-refractivity contribution >= 4 is 29.9 Å². The summed E-state index contributed by atoms with van der Waals surface area (Å²) in [6, 6.07) is 0. The molecule has 1 aliphatic carbocycles. The number of aliphatic imine (C=N–C) groups is 3. The minimum absolute atomic E-state index is 0.361. The summed E-state index contributed by atoms with van der Waals surface area (Å²) in [5.41, 5.74) is 1.79. The van der Waals surface area contributed by atoms with Crippen LogP contribution < -0.4 is 0 Å². The summed E-state index contributed by atoms with van der Waals surface area (Å²) in [4.78, 5) is 12.5. The van der Waals surface area contributed by atoms with Crippen LogP contribution in [0.3, 0.4) is 0 Å². The predicted molar refractivity (Wildman–Crippen MR) is 53.5 cm³/mol. The summed E-state index contributed by atoms with van der Waals surface area (Å²) in [6.07, 6.45) is 6.04. The molecule has 2 aliphatic heterocycles. The van der Waals surface area contributed by atoms with Crippen LogP contribution in [0.1, 0.15) is 12.8 Å². The minimum Gasteiger partial charge on any atom is -0.246 e. The van der Waals surface area contributed by atoms with Gasteiger partial charge in [-0.25, -0.2) is 15.0 Å². The molecule has 1 unspecified atom stereocenters. The van der Waals surface area contributed by atoms with E-state index < -0.39 is 0 Å². The Morgan fingerprint density at radius 1 is 1.31 bits per heavy atom. The second kappa shape index (κ2) is 2.51. The third kappa shape index (κ3) is 1.07. The third-order valence-corrected chi connectivity index (χ3v) is 2.89. The molecule has 1 fully saturated rings. The van der Waals surface area contributed by atoms with E-state index in [1.807, 2.05) is 6.21 Å². The lowest BCUT2D eigenvalue weighted by molar-refractivity contribution is 0.778. The second-order valence-corrected chi connectivity index (χ2v) is 3.90. The molecular formula is C9H8ClN3. The van der Waals surface area contributed by atoms with Gasteiger partial charge in [0.15, 0.2) is 5.16 Å². The molecular weight excluding hydrogens is 186 g/mol. The van der Waals surface area contributed by atoms with Crippen molar-refractivity contribution in [2.45, 2.75) is 12.8 Å². The number of hydrogen-bond acceptors (Lipinski definition) is 3. The van der Waals surface area contributed by atoms with Gasteiger partial charge in [0.25, 0.3) is 0 Å². The van der Waals surface area contributed by atoms with Crippen LogP contribution in [-0.2, 0) is 0 Å². The van der Waals surface area contributed by atoms with Crippen molar-refractivity contribution in [1.82, 2.24) is 0 Å². The standard InChI is InChI=1S/C9H8ClN3/c10-9-8-7(12-4-13-8)6(3-11-9)5-1-2-5/h3-6H,1-2H2. The highest BCUT2D eigenvalue weighted by molar-refractivity contribution is 6.35. The molecule has 0 aromatic rings. The van der Waals surface area contributed by atoms with Crippen molar-refractivity contribution in [2.24, 2.45) is 26.8 Å². The maximum Gasteiger partial charge on any atom is 0.156 e. The molecule has 0 bridgehead atoms. The highest BCUT2D eigenvalue weighted by atomic mass is 35.5. The zero-order chi connectivity index (χ0) is 8.84. The molecule has 66 valence electrons. The normalized spacial score (nSPS) is 30.8. The van der Waals surface area contributed by atoms with Crippen molar-refractivity contribution in [1.29, 1.82) is 0 Å². The molecule has 0 aromatic carbocycles. The molecule has 4 heteroatoms. The molecule has 0 amide bonds. The topological polar surface area (TPSA) is 37.1 Å². The zero-order valence-electron chi connectivity index (χ0n) is 6.94. The SMILES string of the molecule is ClC1=C2N=CN=C2C(C2CC2)C=N1. The van der Waals surface area contributed by atoms with Gasteiger partial charge in [-0.15, -0.1) is 0 Å². The van der Waals surface area contributed by atoms with Gasteiger partial charge >= 0.3 is 0 Å². The number of allylic oxidation sites excluding steroid dienone is 1. The highest BCUT2D eigenvalue weighted by Crippen LogP contribution is 2.40. The molecule has 0 N–H and O–H groups in total. The van der Waals surface area contributed by atoms with E-state index in [4.69, 9.17) is 11.6 Å². The number of nitrogens with zero attached hydrogens (tertiary/aromatic N) is 3. The Balaban J connectivity index is 2.02. The molecule has 3 nitrogen and oxygen atoms in total. The van der Waals surface area contributed by atoms with Gasteiger partial charge in [0.05, 0.1) is 5.71 Å². The van der Waals surface area contributed by atoms with Crippen molar-refractivity contribution < 1.29 is 0 Å². The summed E-state index contributed by atoms with van der Waals surface area (Å²) >= 11 is 5.90. The summed E-state index contributed by atoms with van der Waals surface area (Å²) in [5.74, 6) is 1.09. The molecule has 0 spiro atoms. The summed E-state index contributed by atoms with van der Waals surface area (Å²) in [5, 5.41) is 0.476. The van der Waals surface area contributed by atoms with Gasteiger partial charge in [-0.05, 0) is 18.8 Å². The molecule has 0 radical (unpaired) electrons. The van der Waals surface area contributed by atoms with Gasteiger partial charge in [0.2, 0.25) is 0 Å². The van der Waals surface area contributed by atoms with Crippen LogP contribution in [0.25, 0.3) is 0 Å². The van der Waals surface area contributed by atoms with E-state index in [0.29, 0.717) is 11.1 Å². The number of rotatable bonds is 1. The molecule has 0 aromatic heterocycles. The Hall–Kier alpha value is -0.960. The van der Waals surface area contributed by atoms with Gasteiger partial charge in [0.1, 0.15) is 12.0 Å². The van der Waals surface area contributed by atoms with Crippen LogP contribution in [0.15, 0.2) is 25.8 Å². The lowest BCUT2D eigenvalue weighted by Gasteiger charge is -2.15. The molecule has 1 atom stereocenters. The van der Waals surface area contributed by atoms with Gasteiger partial charge in [0, 0.05) is 12.1 Å². The Morgan fingerprint density at radius 2 is 2.15 bits per heavy atom. The van der Waals surface area contributed by atoms with Crippen molar-refractivity contribution in [3.8, 4) is 0 Å². The first-order chi connectivity index (χ1) is 6.36. The van der Waals surface area contributed by atoms with E-state index in [1.165, 1.54) is 12.8 Å². The van der Waals surface area contributed by atoms with Gasteiger partial charge in [-0.3, -0.25) is 0 Å².